The van der Waals surface area contributed by atoms with E-state index in [4.69, 9.17) is 16.3 Å². The Kier molecular flexibility index (Phi) is 4.42. The molecule has 1 amide bonds. The van der Waals surface area contributed by atoms with E-state index in [1.807, 2.05) is 5.38 Å². The van der Waals surface area contributed by atoms with Crippen molar-refractivity contribution in [2.75, 3.05) is 7.11 Å². The third-order valence-corrected chi connectivity index (χ3v) is 4.49. The van der Waals surface area contributed by atoms with Crippen molar-refractivity contribution in [1.82, 2.24) is 5.32 Å². The maximum absolute atomic E-state index is 12.0. The van der Waals surface area contributed by atoms with E-state index in [9.17, 15) is 4.79 Å². The first-order valence-electron chi connectivity index (χ1n) is 5.79. The topological polar surface area (TPSA) is 38.3 Å². The van der Waals surface area contributed by atoms with Crippen LogP contribution >= 0.6 is 22.9 Å². The minimum atomic E-state index is -0.0843. The highest BCUT2D eigenvalue weighted by Gasteiger charge is 2.27. The number of thiophene rings is 1. The van der Waals surface area contributed by atoms with Crippen LogP contribution in [0.15, 0.2) is 11.4 Å². The van der Waals surface area contributed by atoms with E-state index in [1.54, 1.807) is 13.2 Å². The van der Waals surface area contributed by atoms with Crippen molar-refractivity contribution >= 4 is 28.8 Å². The molecule has 0 radical (unpaired) electrons. The molecule has 0 saturated heterocycles. The van der Waals surface area contributed by atoms with Gasteiger partial charge in [-0.15, -0.1) is 11.3 Å². The van der Waals surface area contributed by atoms with Gasteiger partial charge >= 0.3 is 0 Å². The van der Waals surface area contributed by atoms with E-state index < -0.39 is 0 Å². The molecule has 1 heterocycles. The third kappa shape index (κ3) is 3.00. The zero-order valence-corrected chi connectivity index (χ0v) is 11.3. The van der Waals surface area contributed by atoms with Crippen LogP contribution in [0.1, 0.15) is 35.4 Å². The molecule has 0 aliphatic heterocycles. The first kappa shape index (κ1) is 12.9. The predicted molar refractivity (Wildman–Crippen MR) is 69.8 cm³/mol. The van der Waals surface area contributed by atoms with Crippen LogP contribution in [0.25, 0.3) is 0 Å². The van der Waals surface area contributed by atoms with Gasteiger partial charge in [0.25, 0.3) is 5.91 Å². The molecule has 2 atom stereocenters. The molecule has 0 bridgehead atoms. The van der Waals surface area contributed by atoms with Crippen LogP contribution in [0.4, 0.5) is 0 Å². The Bertz CT molecular complexity index is 394. The second kappa shape index (κ2) is 5.85. The lowest BCUT2D eigenvalue weighted by molar-refractivity contribution is 0.0393. The number of ether oxygens (including phenoxy) is 1. The summed E-state index contributed by atoms with van der Waals surface area (Å²) in [5.41, 5.74) is 0. The molecule has 0 unspecified atom stereocenters. The van der Waals surface area contributed by atoms with Crippen LogP contribution < -0.4 is 5.32 Å². The molecule has 1 aromatic rings. The van der Waals surface area contributed by atoms with Gasteiger partial charge in [0, 0.05) is 7.11 Å². The zero-order chi connectivity index (χ0) is 12.3. The molecule has 1 aliphatic rings. The number of hydrogen-bond acceptors (Lipinski definition) is 3. The molecule has 1 fully saturated rings. The summed E-state index contributed by atoms with van der Waals surface area (Å²) < 4.78 is 5.41. The number of halogens is 1. The summed E-state index contributed by atoms with van der Waals surface area (Å²) in [4.78, 5) is 12.6. The maximum Gasteiger partial charge on any atom is 0.263 e. The monoisotopic (exact) mass is 273 g/mol. The smallest absolute Gasteiger partial charge is 0.263 e. The second-order valence-electron chi connectivity index (χ2n) is 4.24. The summed E-state index contributed by atoms with van der Waals surface area (Å²) >= 11 is 7.31. The minimum absolute atomic E-state index is 0.0843. The molecule has 0 aromatic carbocycles. The fraction of sp³-hybridized carbons (Fsp3) is 0.583. The molecular weight excluding hydrogens is 258 g/mol. The van der Waals surface area contributed by atoms with E-state index >= 15 is 0 Å². The van der Waals surface area contributed by atoms with Crippen molar-refractivity contribution in [1.29, 1.82) is 0 Å². The van der Waals surface area contributed by atoms with Crippen molar-refractivity contribution in [2.45, 2.75) is 37.8 Å². The van der Waals surface area contributed by atoms with Crippen LogP contribution in [0.2, 0.25) is 5.02 Å². The molecule has 94 valence electrons. The van der Waals surface area contributed by atoms with Gasteiger partial charge in [0.05, 0.1) is 17.2 Å². The number of nitrogens with one attached hydrogen (secondary N) is 1. The summed E-state index contributed by atoms with van der Waals surface area (Å²) in [5, 5.41) is 5.38. The Morgan fingerprint density at radius 3 is 2.94 bits per heavy atom. The Morgan fingerprint density at radius 2 is 2.29 bits per heavy atom. The summed E-state index contributed by atoms with van der Waals surface area (Å²) in [6.07, 6.45) is 4.44. The summed E-state index contributed by atoms with van der Waals surface area (Å²) in [6, 6.07) is 1.86. The van der Waals surface area contributed by atoms with Crippen LogP contribution in [-0.4, -0.2) is 25.2 Å². The SMILES string of the molecule is CO[C@H]1CCCC[C@@H]1NC(=O)c1sccc1Cl. The quantitative estimate of drug-likeness (QED) is 0.919. The van der Waals surface area contributed by atoms with Gasteiger partial charge in [-0.2, -0.15) is 0 Å². The molecule has 2 rings (SSSR count). The first-order chi connectivity index (χ1) is 8.22. The lowest BCUT2D eigenvalue weighted by Gasteiger charge is -2.30. The Balaban J connectivity index is 2.00. The Hall–Kier alpha value is -0.580. The van der Waals surface area contributed by atoms with E-state index in [-0.39, 0.29) is 18.1 Å². The molecule has 17 heavy (non-hydrogen) atoms. The van der Waals surface area contributed by atoms with Crippen LogP contribution in [0.5, 0.6) is 0 Å². The highest BCUT2D eigenvalue weighted by Crippen LogP contribution is 2.24. The molecule has 3 nitrogen and oxygen atoms in total. The first-order valence-corrected chi connectivity index (χ1v) is 7.05. The van der Waals surface area contributed by atoms with Crippen molar-refractivity contribution in [3.05, 3.63) is 21.3 Å². The Labute approximate surface area is 110 Å². The molecule has 5 heteroatoms. The average molecular weight is 274 g/mol. The number of hydrogen-bond donors (Lipinski definition) is 1. The molecule has 0 spiro atoms. The van der Waals surface area contributed by atoms with E-state index in [2.05, 4.69) is 5.32 Å². The van der Waals surface area contributed by atoms with Crippen molar-refractivity contribution in [3.8, 4) is 0 Å². The maximum atomic E-state index is 12.0. The molecular formula is C12H16ClNO2S. The van der Waals surface area contributed by atoms with Crippen molar-refractivity contribution in [2.24, 2.45) is 0 Å². The van der Waals surface area contributed by atoms with E-state index in [0.717, 1.165) is 19.3 Å². The molecule has 1 aromatic heterocycles. The van der Waals surface area contributed by atoms with Gasteiger partial charge < -0.3 is 10.1 Å². The molecule has 1 N–H and O–H groups in total. The Morgan fingerprint density at radius 1 is 1.53 bits per heavy atom. The fourth-order valence-electron chi connectivity index (χ4n) is 2.23. The van der Waals surface area contributed by atoms with Gasteiger partial charge in [0.2, 0.25) is 0 Å². The summed E-state index contributed by atoms with van der Waals surface area (Å²) in [6.45, 7) is 0. The summed E-state index contributed by atoms with van der Waals surface area (Å²) in [5.74, 6) is -0.0843. The highest BCUT2D eigenvalue weighted by atomic mass is 35.5. The average Bonchev–Trinajstić information content (AvgIpc) is 2.76. The van der Waals surface area contributed by atoms with E-state index in [1.165, 1.54) is 17.8 Å². The number of carbonyl (C=O) groups excluding carboxylic acids is 1. The van der Waals surface area contributed by atoms with Gasteiger partial charge in [-0.3, -0.25) is 4.79 Å². The largest absolute Gasteiger partial charge is 0.379 e. The van der Waals surface area contributed by atoms with Crippen molar-refractivity contribution < 1.29 is 9.53 Å². The second-order valence-corrected chi connectivity index (χ2v) is 5.56. The normalized spacial score (nSPS) is 24.6. The minimum Gasteiger partial charge on any atom is -0.379 e. The van der Waals surface area contributed by atoms with Gasteiger partial charge in [-0.05, 0) is 24.3 Å². The van der Waals surface area contributed by atoms with E-state index in [0.29, 0.717) is 9.90 Å². The van der Waals surface area contributed by atoms with Crippen LogP contribution in [-0.2, 0) is 4.74 Å². The number of methoxy groups -OCH3 is 1. The van der Waals surface area contributed by atoms with Gasteiger partial charge in [-0.25, -0.2) is 0 Å². The lowest BCUT2D eigenvalue weighted by atomic mass is 9.92. The van der Waals surface area contributed by atoms with Crippen LogP contribution in [0, 0.1) is 0 Å². The van der Waals surface area contributed by atoms with Gasteiger partial charge in [0.15, 0.2) is 0 Å². The van der Waals surface area contributed by atoms with Gasteiger partial charge in [0.1, 0.15) is 4.88 Å². The molecule has 1 aliphatic carbocycles. The summed E-state index contributed by atoms with van der Waals surface area (Å²) in [7, 11) is 1.70. The standard InChI is InChI=1S/C12H16ClNO2S/c1-16-10-5-3-2-4-9(10)14-12(15)11-8(13)6-7-17-11/h6-7,9-10H,2-5H2,1H3,(H,14,15)/t9-,10-/m0/s1. The third-order valence-electron chi connectivity index (χ3n) is 3.15. The van der Waals surface area contributed by atoms with Gasteiger partial charge in [-0.1, -0.05) is 24.4 Å². The highest BCUT2D eigenvalue weighted by molar-refractivity contribution is 7.12. The lowest BCUT2D eigenvalue weighted by Crippen LogP contribution is -2.45. The molecule has 1 saturated carbocycles. The van der Waals surface area contributed by atoms with Crippen LogP contribution in [0.3, 0.4) is 0 Å². The van der Waals surface area contributed by atoms with Crippen molar-refractivity contribution in [3.63, 3.8) is 0 Å². The number of amides is 1. The number of carbonyl (C=O) groups is 1. The number of rotatable bonds is 3. The predicted octanol–water partition coefficient (Wildman–Crippen LogP) is 3.09. The zero-order valence-electron chi connectivity index (χ0n) is 9.74. The fourth-order valence-corrected chi connectivity index (χ4v) is 3.28.